The highest BCUT2D eigenvalue weighted by Crippen LogP contribution is 2.35. The first-order valence-corrected chi connectivity index (χ1v) is 9.06. The number of hydrogen-bond donors (Lipinski definition) is 1. The second-order valence-electron chi connectivity index (χ2n) is 6.60. The van der Waals surface area contributed by atoms with E-state index in [9.17, 15) is 19.2 Å². The third kappa shape index (κ3) is 2.98. The molecule has 9 nitrogen and oxygen atoms in total. The van der Waals surface area contributed by atoms with E-state index in [4.69, 9.17) is 9.47 Å². The molecule has 2 heterocycles. The third-order valence-electron chi connectivity index (χ3n) is 4.91. The summed E-state index contributed by atoms with van der Waals surface area (Å²) in [6.45, 7) is 3.67. The van der Waals surface area contributed by atoms with Crippen LogP contribution < -0.4 is 25.8 Å². The molecule has 0 saturated carbocycles. The fourth-order valence-corrected chi connectivity index (χ4v) is 3.51. The van der Waals surface area contributed by atoms with Gasteiger partial charge < -0.3 is 24.6 Å². The Kier molecular flexibility index (Phi) is 4.50. The van der Waals surface area contributed by atoms with E-state index in [1.54, 1.807) is 30.0 Å². The number of nitrogens with zero attached hydrogens (tertiary/aromatic N) is 2. The zero-order chi connectivity index (χ0) is 19.8. The van der Waals surface area contributed by atoms with Gasteiger partial charge in [0, 0.05) is 26.2 Å². The number of benzene rings is 1. The van der Waals surface area contributed by atoms with Gasteiger partial charge in [0.15, 0.2) is 6.61 Å². The number of ether oxygens (including phenoxy) is 2. The first-order chi connectivity index (χ1) is 13.5. The zero-order valence-corrected chi connectivity index (χ0v) is 15.3. The van der Waals surface area contributed by atoms with Crippen molar-refractivity contribution in [3.8, 4) is 16.9 Å². The van der Waals surface area contributed by atoms with Gasteiger partial charge in [-0.05, 0) is 24.6 Å². The van der Waals surface area contributed by atoms with Gasteiger partial charge in [0.25, 0.3) is 5.91 Å². The standard InChI is InChI=1S/C19H19N3O6/c1-2-27-19(26)22-7-5-21(6-8-22)16-15(17(24)18(16)25)11-3-4-12-13(9-11)28-10-14(23)20-12/h3-4,9H,2,5-8,10H2,1H3,(H,20,23). The van der Waals surface area contributed by atoms with Crippen LogP contribution in [0.4, 0.5) is 16.2 Å². The third-order valence-corrected chi connectivity index (χ3v) is 4.91. The summed E-state index contributed by atoms with van der Waals surface area (Å²) in [6.07, 6.45) is -0.374. The number of hydrogen-bond acceptors (Lipinski definition) is 7. The number of carbonyl (C=O) groups is 2. The molecular weight excluding hydrogens is 366 g/mol. The van der Waals surface area contributed by atoms with Crippen molar-refractivity contribution in [1.29, 1.82) is 0 Å². The minimum Gasteiger partial charge on any atom is -0.482 e. The molecule has 0 spiro atoms. The number of anilines is 2. The summed E-state index contributed by atoms with van der Waals surface area (Å²) in [6, 6.07) is 4.99. The number of carbonyl (C=O) groups excluding carboxylic acids is 2. The first kappa shape index (κ1) is 18.0. The van der Waals surface area contributed by atoms with E-state index in [1.807, 2.05) is 4.90 Å². The van der Waals surface area contributed by atoms with Crippen LogP contribution in [-0.2, 0) is 9.53 Å². The van der Waals surface area contributed by atoms with Gasteiger partial charge in [0.2, 0.25) is 10.9 Å². The van der Waals surface area contributed by atoms with E-state index >= 15 is 0 Å². The summed E-state index contributed by atoms with van der Waals surface area (Å²) in [5.74, 6) is 0.220. The van der Waals surface area contributed by atoms with Crippen LogP contribution in [0, 0.1) is 0 Å². The molecule has 2 aromatic rings. The number of nitrogens with one attached hydrogen (secondary N) is 1. The Morgan fingerprint density at radius 3 is 2.61 bits per heavy atom. The molecule has 4 rings (SSSR count). The van der Waals surface area contributed by atoms with Gasteiger partial charge in [-0.15, -0.1) is 0 Å². The van der Waals surface area contributed by atoms with Crippen molar-refractivity contribution >= 4 is 23.4 Å². The maximum atomic E-state index is 12.3. The highest BCUT2D eigenvalue weighted by Gasteiger charge is 2.31. The predicted octanol–water partition coefficient (Wildman–Crippen LogP) is 0.559. The van der Waals surface area contributed by atoms with Crippen LogP contribution in [0.5, 0.6) is 5.75 Å². The van der Waals surface area contributed by atoms with Gasteiger partial charge in [0.05, 0.1) is 17.9 Å². The fraction of sp³-hybridized carbons (Fsp3) is 0.368. The average molecular weight is 385 g/mol. The quantitative estimate of drug-likeness (QED) is 0.770. The van der Waals surface area contributed by atoms with Crippen molar-refractivity contribution in [2.24, 2.45) is 0 Å². The number of piperazine rings is 1. The van der Waals surface area contributed by atoms with Gasteiger partial charge in [-0.3, -0.25) is 14.4 Å². The molecule has 2 aromatic carbocycles. The molecule has 0 atom stereocenters. The Labute approximate surface area is 160 Å². The van der Waals surface area contributed by atoms with Gasteiger partial charge >= 0.3 is 6.09 Å². The van der Waals surface area contributed by atoms with Crippen LogP contribution in [0.15, 0.2) is 27.8 Å². The van der Waals surface area contributed by atoms with Crippen molar-refractivity contribution in [3.05, 3.63) is 38.6 Å². The van der Waals surface area contributed by atoms with Crippen molar-refractivity contribution in [2.75, 3.05) is 49.6 Å². The molecule has 2 aliphatic heterocycles. The van der Waals surface area contributed by atoms with Crippen LogP contribution in [0.25, 0.3) is 11.1 Å². The molecule has 9 heteroatoms. The molecular formula is C19H19N3O6. The Morgan fingerprint density at radius 2 is 1.89 bits per heavy atom. The molecule has 0 unspecified atom stereocenters. The van der Waals surface area contributed by atoms with Gasteiger partial charge in [0.1, 0.15) is 11.4 Å². The fourth-order valence-electron chi connectivity index (χ4n) is 3.51. The van der Waals surface area contributed by atoms with Crippen LogP contribution in [0.2, 0.25) is 0 Å². The maximum absolute atomic E-state index is 12.3. The number of amides is 2. The molecule has 2 amide bonds. The average Bonchev–Trinajstić information content (AvgIpc) is 2.71. The summed E-state index contributed by atoms with van der Waals surface area (Å²) in [5, 5.41) is 2.69. The van der Waals surface area contributed by atoms with E-state index in [0.29, 0.717) is 61.0 Å². The van der Waals surface area contributed by atoms with Crippen LogP contribution in [0.3, 0.4) is 0 Å². The topological polar surface area (TPSA) is 105 Å². The number of rotatable bonds is 3. The highest BCUT2D eigenvalue weighted by atomic mass is 16.6. The van der Waals surface area contributed by atoms with E-state index < -0.39 is 10.9 Å². The minimum absolute atomic E-state index is 0.0922. The molecule has 0 aromatic heterocycles. The van der Waals surface area contributed by atoms with Crippen LogP contribution in [0.1, 0.15) is 6.92 Å². The second-order valence-corrected chi connectivity index (χ2v) is 6.60. The Morgan fingerprint density at radius 1 is 1.14 bits per heavy atom. The lowest BCUT2D eigenvalue weighted by Gasteiger charge is -2.36. The zero-order valence-electron chi connectivity index (χ0n) is 15.3. The van der Waals surface area contributed by atoms with Crippen molar-refractivity contribution in [3.63, 3.8) is 0 Å². The largest absolute Gasteiger partial charge is 0.482 e. The lowest BCUT2D eigenvalue weighted by Crippen LogP contribution is -2.52. The highest BCUT2D eigenvalue weighted by molar-refractivity contribution is 5.96. The monoisotopic (exact) mass is 385 g/mol. The minimum atomic E-state index is -0.539. The maximum Gasteiger partial charge on any atom is 0.409 e. The van der Waals surface area contributed by atoms with Crippen LogP contribution >= 0.6 is 0 Å². The van der Waals surface area contributed by atoms with E-state index in [2.05, 4.69) is 5.32 Å². The second kappa shape index (κ2) is 6.99. The Hall–Kier alpha value is -3.36. The molecule has 2 aliphatic rings. The van der Waals surface area contributed by atoms with Crippen molar-refractivity contribution in [1.82, 2.24) is 4.90 Å². The molecule has 146 valence electrons. The first-order valence-electron chi connectivity index (χ1n) is 9.06. The summed E-state index contributed by atoms with van der Waals surface area (Å²) >= 11 is 0. The Bertz CT molecular complexity index is 1020. The van der Waals surface area contributed by atoms with E-state index in [1.165, 1.54) is 0 Å². The summed E-state index contributed by atoms with van der Waals surface area (Å²) < 4.78 is 10.4. The predicted molar refractivity (Wildman–Crippen MR) is 102 cm³/mol. The van der Waals surface area contributed by atoms with Crippen molar-refractivity contribution in [2.45, 2.75) is 6.92 Å². The molecule has 1 N–H and O–H groups in total. The van der Waals surface area contributed by atoms with Gasteiger partial charge in [-0.25, -0.2) is 4.79 Å². The lowest BCUT2D eigenvalue weighted by atomic mass is 9.96. The normalized spacial score (nSPS) is 16.4. The molecule has 0 bridgehead atoms. The summed E-state index contributed by atoms with van der Waals surface area (Å²) in [4.78, 5) is 51.2. The Balaban J connectivity index is 1.57. The lowest BCUT2D eigenvalue weighted by molar-refractivity contribution is -0.118. The molecule has 28 heavy (non-hydrogen) atoms. The molecule has 0 radical (unpaired) electrons. The molecule has 1 fully saturated rings. The SMILES string of the molecule is CCOC(=O)N1CCN(c2c(-c3ccc4c(c3)OCC(=O)N4)c(=O)c2=O)CC1. The van der Waals surface area contributed by atoms with Gasteiger partial charge in [-0.2, -0.15) is 0 Å². The summed E-state index contributed by atoms with van der Waals surface area (Å²) in [7, 11) is 0. The van der Waals surface area contributed by atoms with E-state index in [0.717, 1.165) is 0 Å². The van der Waals surface area contributed by atoms with Crippen molar-refractivity contribution < 1.29 is 19.1 Å². The van der Waals surface area contributed by atoms with Gasteiger partial charge in [-0.1, -0.05) is 6.07 Å². The number of fused-ring (bicyclic) bond motifs is 1. The molecule has 0 aliphatic carbocycles. The van der Waals surface area contributed by atoms with E-state index in [-0.39, 0.29) is 18.6 Å². The van der Waals surface area contributed by atoms with Crippen LogP contribution in [-0.4, -0.2) is 56.3 Å². The smallest absolute Gasteiger partial charge is 0.409 e. The molecule has 1 saturated heterocycles. The summed E-state index contributed by atoms with van der Waals surface area (Å²) in [5.41, 5.74) is 0.756.